The molecule has 4 nitrogen and oxygen atoms in total. The van der Waals surface area contributed by atoms with Crippen molar-refractivity contribution in [1.82, 2.24) is 4.90 Å². The number of nitrogens with two attached hydrogens (primary N) is 1. The molecular weight excluding hydrogens is 426 g/mol. The lowest BCUT2D eigenvalue weighted by Crippen LogP contribution is -2.30. The maximum Gasteiger partial charge on any atom is 0.131 e. The number of Topliss-reactive ketones (excluding diaryl/α,β-unsaturated/α-hetero) is 1. The average Bonchev–Trinajstić information content (AvgIpc) is 2.85. The molecule has 33 heavy (non-hydrogen) atoms. The number of anilines is 2. The second-order valence-electron chi connectivity index (χ2n) is 8.77. The van der Waals surface area contributed by atoms with Gasteiger partial charge in [0.05, 0.1) is 0 Å². The fraction of sp³-hybridized carbons (Fsp3) is 0.321. The molecule has 3 N–H and O–H groups in total. The Kier molecular flexibility index (Phi) is 7.73. The van der Waals surface area contributed by atoms with E-state index in [1.165, 1.54) is 33.6 Å². The molecule has 0 saturated carbocycles. The lowest BCUT2D eigenvalue weighted by molar-refractivity contribution is -0.117. The van der Waals surface area contributed by atoms with Crippen molar-refractivity contribution in [2.75, 3.05) is 42.2 Å². The minimum absolute atomic E-state index is 0.280. The van der Waals surface area contributed by atoms with Crippen LogP contribution in [0.15, 0.2) is 72.5 Å². The normalized spacial score (nSPS) is 17.7. The molecule has 3 heterocycles. The number of allylic oxidation sites excluding steroid dienone is 2. The fourth-order valence-corrected chi connectivity index (χ4v) is 5.50. The molecule has 0 atom stereocenters. The van der Waals surface area contributed by atoms with Gasteiger partial charge in [0.2, 0.25) is 0 Å². The van der Waals surface area contributed by atoms with Crippen molar-refractivity contribution >= 4 is 40.1 Å². The molecule has 3 aliphatic rings. The number of carbonyl (C=O) groups excluding carboxylic acids is 1. The minimum atomic E-state index is 0.280. The lowest BCUT2D eigenvalue weighted by atomic mass is 9.91. The fourth-order valence-electron chi connectivity index (χ4n) is 4.46. The van der Waals surface area contributed by atoms with Crippen LogP contribution in [0.2, 0.25) is 0 Å². The molecule has 3 aliphatic heterocycles. The number of nitrogens with zero attached hydrogens (tertiary/aromatic N) is 1. The van der Waals surface area contributed by atoms with E-state index in [1.807, 2.05) is 30.0 Å². The van der Waals surface area contributed by atoms with Crippen LogP contribution in [0.3, 0.4) is 0 Å². The van der Waals surface area contributed by atoms with Crippen molar-refractivity contribution < 1.29 is 4.79 Å². The van der Waals surface area contributed by atoms with Gasteiger partial charge in [-0.05, 0) is 66.0 Å². The number of hydrogen-bond acceptors (Lipinski definition) is 5. The van der Waals surface area contributed by atoms with E-state index >= 15 is 0 Å². The SMILES string of the molecule is C=C1Nc2ccc(N)cc2C2=C1CSCC2.CC(=O)CCN1CC=C(c2ccccc2)CC1. The number of hydrogen-bond donors (Lipinski definition) is 2. The number of benzene rings is 2. The highest BCUT2D eigenvalue weighted by Gasteiger charge is 2.23. The summed E-state index contributed by atoms with van der Waals surface area (Å²) in [6, 6.07) is 16.6. The van der Waals surface area contributed by atoms with Crippen LogP contribution in [-0.2, 0) is 4.79 Å². The summed E-state index contributed by atoms with van der Waals surface area (Å²) in [5.74, 6) is 2.54. The molecule has 0 aliphatic carbocycles. The molecule has 0 aromatic heterocycles. The Balaban J connectivity index is 0.000000157. The first-order valence-corrected chi connectivity index (χ1v) is 12.8. The molecule has 2 aromatic rings. The Morgan fingerprint density at radius 1 is 1.15 bits per heavy atom. The zero-order chi connectivity index (χ0) is 23.2. The van der Waals surface area contributed by atoms with E-state index in [2.05, 4.69) is 53.2 Å². The van der Waals surface area contributed by atoms with Crippen molar-refractivity contribution in [3.8, 4) is 0 Å². The third-order valence-electron chi connectivity index (χ3n) is 6.34. The predicted molar refractivity (Wildman–Crippen MR) is 143 cm³/mol. The van der Waals surface area contributed by atoms with Crippen LogP contribution in [0.25, 0.3) is 11.1 Å². The third-order valence-corrected chi connectivity index (χ3v) is 7.33. The number of nitrogens with one attached hydrogen (secondary N) is 1. The summed E-state index contributed by atoms with van der Waals surface area (Å²) >= 11 is 1.97. The highest BCUT2D eigenvalue weighted by Crippen LogP contribution is 2.42. The molecular formula is C28H33N3OS. The van der Waals surface area contributed by atoms with Crippen molar-refractivity contribution in [2.24, 2.45) is 0 Å². The number of nitrogen functional groups attached to an aromatic ring is 1. The summed E-state index contributed by atoms with van der Waals surface area (Å²) in [7, 11) is 0. The molecule has 0 radical (unpaired) electrons. The van der Waals surface area contributed by atoms with Crippen molar-refractivity contribution in [3.63, 3.8) is 0 Å². The second kappa shape index (κ2) is 10.9. The van der Waals surface area contributed by atoms with E-state index in [4.69, 9.17) is 5.73 Å². The van der Waals surface area contributed by atoms with Gasteiger partial charge in [-0.3, -0.25) is 9.69 Å². The third kappa shape index (κ3) is 5.98. The quantitative estimate of drug-likeness (QED) is 0.562. The molecule has 0 amide bonds. The van der Waals surface area contributed by atoms with Crippen LogP contribution in [-0.4, -0.2) is 41.8 Å². The highest BCUT2D eigenvalue weighted by molar-refractivity contribution is 7.99. The zero-order valence-corrected chi connectivity index (χ0v) is 20.2. The Morgan fingerprint density at radius 2 is 1.97 bits per heavy atom. The second-order valence-corrected chi connectivity index (χ2v) is 9.87. The molecule has 5 heteroatoms. The maximum absolute atomic E-state index is 10.9. The first-order chi connectivity index (χ1) is 16.0. The number of rotatable bonds is 4. The maximum atomic E-state index is 10.9. The lowest BCUT2D eigenvalue weighted by Gasteiger charge is -2.29. The molecule has 5 rings (SSSR count). The van der Waals surface area contributed by atoms with Gasteiger partial charge in [0.1, 0.15) is 5.78 Å². The highest BCUT2D eigenvalue weighted by atomic mass is 32.2. The number of ketones is 1. The van der Waals surface area contributed by atoms with Gasteiger partial charge in [-0.1, -0.05) is 43.0 Å². The number of fused-ring (bicyclic) bond motifs is 2. The largest absolute Gasteiger partial charge is 0.399 e. The summed E-state index contributed by atoms with van der Waals surface area (Å²) in [6.45, 7) is 8.70. The average molecular weight is 460 g/mol. The summed E-state index contributed by atoms with van der Waals surface area (Å²) < 4.78 is 0. The van der Waals surface area contributed by atoms with Crippen LogP contribution in [0.5, 0.6) is 0 Å². The predicted octanol–water partition coefficient (Wildman–Crippen LogP) is 5.85. The zero-order valence-electron chi connectivity index (χ0n) is 19.4. The van der Waals surface area contributed by atoms with Gasteiger partial charge in [-0.25, -0.2) is 0 Å². The van der Waals surface area contributed by atoms with Crippen LogP contribution in [0.1, 0.15) is 37.3 Å². The minimum Gasteiger partial charge on any atom is -0.399 e. The van der Waals surface area contributed by atoms with Crippen molar-refractivity contribution in [2.45, 2.75) is 26.2 Å². The van der Waals surface area contributed by atoms with Gasteiger partial charge in [0.15, 0.2) is 0 Å². The number of carbonyl (C=O) groups is 1. The van der Waals surface area contributed by atoms with Gasteiger partial charge in [0, 0.05) is 54.4 Å². The molecule has 0 bridgehead atoms. The first-order valence-electron chi connectivity index (χ1n) is 11.6. The Labute approximate surface area is 201 Å². The van der Waals surface area contributed by atoms with Crippen molar-refractivity contribution in [3.05, 3.63) is 83.6 Å². The van der Waals surface area contributed by atoms with E-state index in [0.717, 1.165) is 55.3 Å². The van der Waals surface area contributed by atoms with Gasteiger partial charge in [0.25, 0.3) is 0 Å². The number of thioether (sulfide) groups is 1. The van der Waals surface area contributed by atoms with E-state index in [0.29, 0.717) is 6.42 Å². The monoisotopic (exact) mass is 459 g/mol. The van der Waals surface area contributed by atoms with Gasteiger partial charge >= 0.3 is 0 Å². The topological polar surface area (TPSA) is 58.4 Å². The van der Waals surface area contributed by atoms with Crippen LogP contribution < -0.4 is 11.1 Å². The van der Waals surface area contributed by atoms with E-state index < -0.39 is 0 Å². The Hall–Kier alpha value is -2.76. The summed E-state index contributed by atoms with van der Waals surface area (Å²) in [6.07, 6.45) is 5.17. The molecule has 2 aromatic carbocycles. The first kappa shape index (κ1) is 23.4. The van der Waals surface area contributed by atoms with Crippen LogP contribution >= 0.6 is 11.8 Å². The molecule has 0 spiro atoms. The molecule has 0 fully saturated rings. The van der Waals surface area contributed by atoms with Gasteiger partial charge in [-0.2, -0.15) is 11.8 Å². The standard InChI is InChI=1S/C15H19NO.C13H14N2S/c1-13(17)7-10-16-11-8-15(9-12-16)14-5-3-2-4-6-14;1-8-12-7-16-5-4-10(12)11-6-9(14)2-3-13(11)15-8/h2-6,8H,7,9-12H2,1H3;2-3,6,15H,1,4-5,7,14H2. The smallest absolute Gasteiger partial charge is 0.131 e. The molecule has 172 valence electrons. The Bertz CT molecular complexity index is 1090. The van der Waals surface area contributed by atoms with Crippen LogP contribution in [0, 0.1) is 0 Å². The summed E-state index contributed by atoms with van der Waals surface area (Å²) in [5.41, 5.74) is 15.7. The van der Waals surface area contributed by atoms with Gasteiger partial charge < -0.3 is 11.1 Å². The van der Waals surface area contributed by atoms with Crippen molar-refractivity contribution in [1.29, 1.82) is 0 Å². The van der Waals surface area contributed by atoms with E-state index in [1.54, 1.807) is 6.92 Å². The summed E-state index contributed by atoms with van der Waals surface area (Å²) in [4.78, 5) is 13.3. The van der Waals surface area contributed by atoms with E-state index in [9.17, 15) is 4.79 Å². The molecule has 0 saturated heterocycles. The van der Waals surface area contributed by atoms with E-state index in [-0.39, 0.29) is 5.78 Å². The Morgan fingerprint density at radius 3 is 2.70 bits per heavy atom. The van der Waals surface area contributed by atoms with Gasteiger partial charge in [-0.15, -0.1) is 0 Å². The summed E-state index contributed by atoms with van der Waals surface area (Å²) in [5, 5.41) is 3.37. The molecule has 0 unspecified atom stereocenters. The van der Waals surface area contributed by atoms with Crippen LogP contribution in [0.4, 0.5) is 11.4 Å².